The lowest BCUT2D eigenvalue weighted by atomic mass is 10.1. The molecule has 1 aliphatic heterocycles. The summed E-state index contributed by atoms with van der Waals surface area (Å²) in [6.07, 6.45) is -0.572. The summed E-state index contributed by atoms with van der Waals surface area (Å²) < 4.78 is 28.3. The number of carbonyl (C=O) groups excluding carboxylic acids is 1. The second-order valence-corrected chi connectivity index (χ2v) is 4.20. The van der Waals surface area contributed by atoms with Gasteiger partial charge in [0.05, 0.1) is 6.61 Å². The number of halogens is 2. The Morgan fingerprint density at radius 1 is 1.47 bits per heavy atom. The van der Waals surface area contributed by atoms with Crippen LogP contribution in [0.3, 0.4) is 0 Å². The molecular weight excluding hydrogens is 230 g/mol. The van der Waals surface area contributed by atoms with E-state index < -0.39 is 13.0 Å². The highest BCUT2D eigenvalue weighted by Crippen LogP contribution is 2.09. The van der Waals surface area contributed by atoms with Crippen LogP contribution in [-0.2, 0) is 9.53 Å². The molecule has 1 heterocycles. The van der Waals surface area contributed by atoms with Gasteiger partial charge in [0.25, 0.3) is 6.43 Å². The molecule has 0 unspecified atom stereocenters. The van der Waals surface area contributed by atoms with Gasteiger partial charge in [-0.2, -0.15) is 0 Å². The number of likely N-dealkylation sites (tertiary alicyclic amines) is 1. The van der Waals surface area contributed by atoms with Gasteiger partial charge in [0.15, 0.2) is 0 Å². The van der Waals surface area contributed by atoms with Gasteiger partial charge in [0.2, 0.25) is 5.91 Å². The molecule has 4 nitrogen and oxygen atoms in total. The van der Waals surface area contributed by atoms with E-state index in [0.717, 1.165) is 25.9 Å². The number of alkyl halides is 2. The lowest BCUT2D eigenvalue weighted by Crippen LogP contribution is -2.44. The van der Waals surface area contributed by atoms with Crippen molar-refractivity contribution in [3.63, 3.8) is 0 Å². The first-order valence-electron chi connectivity index (χ1n) is 5.94. The fraction of sp³-hybridized carbons (Fsp3) is 0.909. The lowest BCUT2D eigenvalue weighted by Gasteiger charge is -2.31. The minimum absolute atomic E-state index is 0.115. The minimum atomic E-state index is -2.39. The van der Waals surface area contributed by atoms with Crippen molar-refractivity contribution in [1.82, 2.24) is 10.2 Å². The molecule has 0 saturated carbocycles. The zero-order valence-corrected chi connectivity index (χ0v) is 10.1. The summed E-state index contributed by atoms with van der Waals surface area (Å²) in [7, 11) is 0. The van der Waals surface area contributed by atoms with E-state index in [9.17, 15) is 13.6 Å². The molecule has 1 amide bonds. The molecule has 0 aliphatic carbocycles. The molecule has 0 atom stereocenters. The molecule has 0 spiro atoms. The van der Waals surface area contributed by atoms with E-state index in [1.165, 1.54) is 0 Å². The number of piperidine rings is 1. The topological polar surface area (TPSA) is 41.6 Å². The molecule has 0 aromatic heterocycles. The van der Waals surface area contributed by atoms with Gasteiger partial charge in [-0.3, -0.25) is 4.79 Å². The summed E-state index contributed by atoms with van der Waals surface area (Å²) >= 11 is 0. The molecule has 0 aromatic carbocycles. The highest BCUT2D eigenvalue weighted by Gasteiger charge is 2.19. The van der Waals surface area contributed by atoms with Crippen LogP contribution in [0.2, 0.25) is 0 Å². The Morgan fingerprint density at radius 2 is 2.12 bits per heavy atom. The third kappa shape index (κ3) is 5.93. The third-order valence-electron chi connectivity index (χ3n) is 2.86. The molecule has 100 valence electrons. The molecule has 1 saturated heterocycles. The molecule has 0 bridgehead atoms. The summed E-state index contributed by atoms with van der Waals surface area (Å²) in [5.74, 6) is 0.115. The van der Waals surface area contributed by atoms with Crippen molar-refractivity contribution in [2.45, 2.75) is 32.2 Å². The lowest BCUT2D eigenvalue weighted by molar-refractivity contribution is -0.129. The highest BCUT2D eigenvalue weighted by molar-refractivity contribution is 5.73. The third-order valence-corrected chi connectivity index (χ3v) is 2.86. The van der Waals surface area contributed by atoms with E-state index in [4.69, 9.17) is 4.74 Å². The highest BCUT2D eigenvalue weighted by atomic mass is 19.3. The van der Waals surface area contributed by atoms with Crippen molar-refractivity contribution in [2.75, 3.05) is 32.8 Å². The van der Waals surface area contributed by atoms with Crippen molar-refractivity contribution in [2.24, 2.45) is 0 Å². The van der Waals surface area contributed by atoms with Gasteiger partial charge in [-0.05, 0) is 12.8 Å². The van der Waals surface area contributed by atoms with Crippen LogP contribution in [0.25, 0.3) is 0 Å². The van der Waals surface area contributed by atoms with E-state index in [0.29, 0.717) is 19.2 Å². The van der Waals surface area contributed by atoms with E-state index >= 15 is 0 Å². The van der Waals surface area contributed by atoms with Crippen LogP contribution in [0, 0.1) is 0 Å². The normalized spacial score (nSPS) is 17.8. The maximum atomic E-state index is 11.8. The Bertz CT molecular complexity index is 232. The first-order chi connectivity index (χ1) is 8.09. The van der Waals surface area contributed by atoms with Crippen LogP contribution in [0.15, 0.2) is 0 Å². The second-order valence-electron chi connectivity index (χ2n) is 4.20. The number of hydrogen-bond donors (Lipinski definition) is 1. The number of nitrogens with zero attached hydrogens (tertiary/aromatic N) is 1. The summed E-state index contributed by atoms with van der Waals surface area (Å²) in [4.78, 5) is 12.9. The number of hydrogen-bond acceptors (Lipinski definition) is 3. The van der Waals surface area contributed by atoms with Crippen LogP contribution >= 0.6 is 0 Å². The number of carbonyl (C=O) groups is 1. The SMILES string of the molecule is CC(=O)N1CCC(NCCOCC(F)F)CC1. The number of rotatable bonds is 6. The van der Waals surface area contributed by atoms with Crippen molar-refractivity contribution in [3.8, 4) is 0 Å². The predicted molar refractivity (Wildman–Crippen MR) is 60.1 cm³/mol. The van der Waals surface area contributed by atoms with E-state index in [-0.39, 0.29) is 5.91 Å². The van der Waals surface area contributed by atoms with Crippen molar-refractivity contribution in [1.29, 1.82) is 0 Å². The van der Waals surface area contributed by atoms with Gasteiger partial charge in [-0.15, -0.1) is 0 Å². The van der Waals surface area contributed by atoms with Crippen LogP contribution < -0.4 is 5.32 Å². The fourth-order valence-electron chi connectivity index (χ4n) is 1.91. The zero-order valence-electron chi connectivity index (χ0n) is 10.1. The van der Waals surface area contributed by atoms with Crippen LogP contribution in [0.1, 0.15) is 19.8 Å². The summed E-state index contributed by atoms with van der Waals surface area (Å²) in [5, 5.41) is 3.25. The molecule has 6 heteroatoms. The molecule has 1 rings (SSSR count). The van der Waals surface area contributed by atoms with E-state index in [1.807, 2.05) is 4.90 Å². The maximum Gasteiger partial charge on any atom is 0.261 e. The van der Waals surface area contributed by atoms with Gasteiger partial charge < -0.3 is 15.0 Å². The Balaban J connectivity index is 2.01. The number of nitrogens with one attached hydrogen (secondary N) is 1. The van der Waals surface area contributed by atoms with Crippen LogP contribution in [-0.4, -0.2) is 56.1 Å². The quantitative estimate of drug-likeness (QED) is 0.711. The first kappa shape index (κ1) is 14.3. The van der Waals surface area contributed by atoms with E-state index in [2.05, 4.69) is 5.32 Å². The Hall–Kier alpha value is -0.750. The summed E-state index contributed by atoms with van der Waals surface area (Å²) in [5.41, 5.74) is 0. The van der Waals surface area contributed by atoms with Gasteiger partial charge in [0.1, 0.15) is 6.61 Å². The fourth-order valence-corrected chi connectivity index (χ4v) is 1.91. The Morgan fingerprint density at radius 3 is 2.65 bits per heavy atom. The molecular formula is C11H20F2N2O2. The van der Waals surface area contributed by atoms with Crippen LogP contribution in [0.4, 0.5) is 8.78 Å². The average Bonchev–Trinajstić information content (AvgIpc) is 2.29. The largest absolute Gasteiger partial charge is 0.374 e. The van der Waals surface area contributed by atoms with E-state index in [1.54, 1.807) is 6.92 Å². The van der Waals surface area contributed by atoms with Crippen molar-refractivity contribution >= 4 is 5.91 Å². The summed E-state index contributed by atoms with van der Waals surface area (Å²) in [6.45, 7) is 3.50. The minimum Gasteiger partial charge on any atom is -0.374 e. The maximum absolute atomic E-state index is 11.8. The van der Waals surface area contributed by atoms with Gasteiger partial charge in [-0.25, -0.2) is 8.78 Å². The molecule has 0 radical (unpaired) electrons. The molecule has 1 aliphatic rings. The van der Waals surface area contributed by atoms with Gasteiger partial charge in [0, 0.05) is 32.6 Å². The van der Waals surface area contributed by atoms with Crippen molar-refractivity contribution in [3.05, 3.63) is 0 Å². The standard InChI is InChI=1S/C11H20F2N2O2/c1-9(16)15-5-2-10(3-6-15)14-4-7-17-8-11(12)13/h10-11,14H,2-8H2,1H3. The predicted octanol–water partition coefficient (Wildman–Crippen LogP) is 0.869. The van der Waals surface area contributed by atoms with Gasteiger partial charge >= 0.3 is 0 Å². The van der Waals surface area contributed by atoms with Crippen molar-refractivity contribution < 1.29 is 18.3 Å². The Labute approximate surface area is 100 Å². The molecule has 1 N–H and O–H groups in total. The smallest absolute Gasteiger partial charge is 0.261 e. The zero-order chi connectivity index (χ0) is 12.7. The van der Waals surface area contributed by atoms with Crippen LogP contribution in [0.5, 0.6) is 0 Å². The number of amides is 1. The average molecular weight is 250 g/mol. The molecule has 17 heavy (non-hydrogen) atoms. The molecule has 0 aromatic rings. The number of ether oxygens (including phenoxy) is 1. The second kappa shape index (κ2) is 7.55. The monoisotopic (exact) mass is 250 g/mol. The first-order valence-corrected chi connectivity index (χ1v) is 5.94. The summed E-state index contributed by atoms with van der Waals surface area (Å²) in [6, 6.07) is 0.362. The molecule has 1 fully saturated rings. The van der Waals surface area contributed by atoms with Gasteiger partial charge in [-0.1, -0.05) is 0 Å². The Kier molecular flexibility index (Phi) is 6.36.